The molecule has 1 atom stereocenters. The summed E-state index contributed by atoms with van der Waals surface area (Å²) in [6.07, 6.45) is 0. The lowest BCUT2D eigenvalue weighted by atomic mass is 10.1. The van der Waals surface area contributed by atoms with Crippen LogP contribution >= 0.6 is 11.8 Å². The fraction of sp³-hybridized carbons (Fsp3) is 0.333. The molecule has 8 heteroatoms. The normalized spacial score (nSPS) is 12.2. The van der Waals surface area contributed by atoms with E-state index in [0.717, 1.165) is 22.9 Å². The maximum Gasteiger partial charge on any atom is 0.318 e. The smallest absolute Gasteiger partial charge is 0.318 e. The molecule has 3 N–H and O–H groups in total. The third kappa shape index (κ3) is 4.32. The minimum Gasteiger partial charge on any atom is -0.411 e. The van der Waals surface area contributed by atoms with Crippen LogP contribution in [0.5, 0.6) is 0 Å². The topological polar surface area (TPSA) is 111 Å². The van der Waals surface area contributed by atoms with Crippen LogP contribution in [0.4, 0.5) is 4.79 Å². The summed E-state index contributed by atoms with van der Waals surface area (Å²) in [6, 6.07) is 6.76. The van der Waals surface area contributed by atoms with Crippen LogP contribution in [-0.4, -0.2) is 27.4 Å². The molecule has 7 nitrogen and oxygen atoms in total. The van der Waals surface area contributed by atoms with Crippen LogP contribution in [0.1, 0.15) is 19.4 Å². The van der Waals surface area contributed by atoms with E-state index in [1.54, 1.807) is 0 Å². The summed E-state index contributed by atoms with van der Waals surface area (Å²) in [4.78, 5) is 22.9. The number of hydrogen-bond acceptors (Lipinski definition) is 6. The number of rotatable bonds is 5. The molecule has 1 aromatic carbocycles. The molecule has 122 valence electrons. The summed E-state index contributed by atoms with van der Waals surface area (Å²) < 4.78 is 5.63. The van der Waals surface area contributed by atoms with Crippen molar-refractivity contribution in [2.45, 2.75) is 31.2 Å². The van der Waals surface area contributed by atoms with Gasteiger partial charge >= 0.3 is 6.03 Å². The summed E-state index contributed by atoms with van der Waals surface area (Å²) in [6.45, 7) is 5.66. The molecule has 1 heterocycles. The maximum atomic E-state index is 12.0. The van der Waals surface area contributed by atoms with E-state index in [4.69, 9.17) is 10.2 Å². The predicted molar refractivity (Wildman–Crippen MR) is 86.7 cm³/mol. The number of benzene rings is 1. The van der Waals surface area contributed by atoms with Gasteiger partial charge in [-0.2, -0.15) is 0 Å². The van der Waals surface area contributed by atoms with Crippen LogP contribution in [0.25, 0.3) is 11.5 Å². The van der Waals surface area contributed by atoms with E-state index in [1.165, 1.54) is 0 Å². The van der Waals surface area contributed by atoms with Crippen LogP contribution in [0.15, 0.2) is 33.9 Å². The second-order valence-electron chi connectivity index (χ2n) is 5.32. The molecule has 0 aliphatic rings. The van der Waals surface area contributed by atoms with Gasteiger partial charge in [0.2, 0.25) is 11.8 Å². The average Bonchev–Trinajstić information content (AvgIpc) is 2.92. The second kappa shape index (κ2) is 7.28. The van der Waals surface area contributed by atoms with E-state index >= 15 is 0 Å². The van der Waals surface area contributed by atoms with Gasteiger partial charge in [-0.3, -0.25) is 10.1 Å². The third-order valence-corrected chi connectivity index (χ3v) is 4.50. The van der Waals surface area contributed by atoms with Crippen LogP contribution < -0.4 is 11.1 Å². The number of urea groups is 1. The average molecular weight is 334 g/mol. The van der Waals surface area contributed by atoms with Crippen LogP contribution in [0, 0.1) is 12.8 Å². The predicted octanol–water partition coefficient (Wildman–Crippen LogP) is 2.36. The van der Waals surface area contributed by atoms with Gasteiger partial charge in [-0.15, -0.1) is 10.2 Å². The highest BCUT2D eigenvalue weighted by Crippen LogP contribution is 2.30. The molecule has 0 saturated heterocycles. The van der Waals surface area contributed by atoms with Gasteiger partial charge in [-0.1, -0.05) is 43.8 Å². The molecule has 0 fully saturated rings. The third-order valence-electron chi connectivity index (χ3n) is 3.12. The number of nitrogens with two attached hydrogens (primary N) is 1. The molecule has 0 saturated carbocycles. The van der Waals surface area contributed by atoms with Crippen LogP contribution in [0.2, 0.25) is 0 Å². The van der Waals surface area contributed by atoms with E-state index in [9.17, 15) is 9.59 Å². The molecule has 0 aliphatic heterocycles. The molecular formula is C15H18N4O3S. The summed E-state index contributed by atoms with van der Waals surface area (Å²) in [5.74, 6) is -0.135. The molecule has 0 spiro atoms. The van der Waals surface area contributed by atoms with E-state index < -0.39 is 17.2 Å². The number of nitrogens with one attached hydrogen (secondary N) is 1. The van der Waals surface area contributed by atoms with E-state index in [2.05, 4.69) is 15.5 Å². The van der Waals surface area contributed by atoms with Crippen molar-refractivity contribution in [3.63, 3.8) is 0 Å². The zero-order valence-corrected chi connectivity index (χ0v) is 13.9. The van der Waals surface area contributed by atoms with Gasteiger partial charge in [0.15, 0.2) is 0 Å². The summed E-state index contributed by atoms with van der Waals surface area (Å²) in [7, 11) is 0. The lowest BCUT2D eigenvalue weighted by Crippen LogP contribution is -2.42. The number of carbonyl (C=O) groups is 2. The Balaban J connectivity index is 2.18. The molecule has 1 aromatic heterocycles. The van der Waals surface area contributed by atoms with Crippen LogP contribution in [0.3, 0.4) is 0 Å². The molecule has 0 radical (unpaired) electrons. The van der Waals surface area contributed by atoms with E-state index in [-0.39, 0.29) is 11.1 Å². The molecule has 2 rings (SSSR count). The van der Waals surface area contributed by atoms with Crippen molar-refractivity contribution >= 4 is 23.7 Å². The first-order valence-electron chi connectivity index (χ1n) is 7.05. The number of amides is 3. The maximum absolute atomic E-state index is 12.0. The van der Waals surface area contributed by atoms with Gasteiger partial charge in [0.25, 0.3) is 5.22 Å². The molecular weight excluding hydrogens is 316 g/mol. The summed E-state index contributed by atoms with van der Waals surface area (Å²) in [5.41, 5.74) is 6.85. The summed E-state index contributed by atoms with van der Waals surface area (Å²) >= 11 is 1.11. The Kier molecular flexibility index (Phi) is 5.38. The fourth-order valence-electron chi connectivity index (χ4n) is 1.97. The van der Waals surface area contributed by atoms with Gasteiger partial charge < -0.3 is 10.2 Å². The molecule has 2 aromatic rings. The van der Waals surface area contributed by atoms with Crippen LogP contribution in [-0.2, 0) is 4.79 Å². The first kappa shape index (κ1) is 17.0. The number of aromatic nitrogens is 2. The first-order chi connectivity index (χ1) is 10.9. The number of thioether (sulfide) groups is 1. The van der Waals surface area contributed by atoms with Gasteiger partial charge in [-0.25, -0.2) is 4.79 Å². The van der Waals surface area contributed by atoms with Crippen molar-refractivity contribution in [2.75, 3.05) is 0 Å². The zero-order valence-electron chi connectivity index (χ0n) is 13.1. The zero-order chi connectivity index (χ0) is 17.0. The van der Waals surface area contributed by atoms with Crippen molar-refractivity contribution in [2.24, 2.45) is 11.7 Å². The quantitative estimate of drug-likeness (QED) is 0.812. The van der Waals surface area contributed by atoms with Gasteiger partial charge in [-0.05, 0) is 24.5 Å². The Bertz CT molecular complexity index is 714. The highest BCUT2D eigenvalue weighted by molar-refractivity contribution is 8.00. The second-order valence-corrected chi connectivity index (χ2v) is 6.42. The lowest BCUT2D eigenvalue weighted by Gasteiger charge is -2.16. The Morgan fingerprint density at radius 2 is 1.96 bits per heavy atom. The van der Waals surface area contributed by atoms with Crippen molar-refractivity contribution in [3.8, 4) is 11.5 Å². The minimum atomic E-state index is -0.882. The number of primary amides is 1. The molecule has 3 amide bonds. The molecule has 23 heavy (non-hydrogen) atoms. The molecule has 0 aliphatic carbocycles. The number of imide groups is 1. The minimum absolute atomic E-state index is 0.0480. The molecule has 0 unspecified atom stereocenters. The van der Waals surface area contributed by atoms with E-state index in [0.29, 0.717) is 5.89 Å². The number of aryl methyl sites for hydroxylation is 1. The van der Waals surface area contributed by atoms with E-state index in [1.807, 2.05) is 45.0 Å². The first-order valence-corrected chi connectivity index (χ1v) is 7.93. The summed E-state index contributed by atoms with van der Waals surface area (Å²) in [5, 5.41) is 9.77. The Morgan fingerprint density at radius 1 is 1.26 bits per heavy atom. The highest BCUT2D eigenvalue weighted by atomic mass is 32.2. The van der Waals surface area contributed by atoms with Gasteiger partial charge in [0, 0.05) is 5.56 Å². The monoisotopic (exact) mass is 334 g/mol. The number of hydrogen-bond donors (Lipinski definition) is 2. The number of carbonyl (C=O) groups excluding carboxylic acids is 2. The standard InChI is InChI=1S/C15H18N4O3S/c1-8(2)11(12(20)17-14(16)21)23-15-19-18-13(22-15)10-7-5-4-6-9(10)3/h4-8,11H,1-3H3,(H3,16,17,20,21)/t11-/m1/s1. The van der Waals surface area contributed by atoms with Crippen molar-refractivity contribution in [1.29, 1.82) is 0 Å². The fourth-order valence-corrected chi connectivity index (χ4v) is 2.84. The van der Waals surface area contributed by atoms with Crippen molar-refractivity contribution in [1.82, 2.24) is 15.5 Å². The number of nitrogens with zero attached hydrogens (tertiary/aromatic N) is 2. The van der Waals surface area contributed by atoms with Gasteiger partial charge in [0.1, 0.15) is 0 Å². The highest BCUT2D eigenvalue weighted by Gasteiger charge is 2.27. The SMILES string of the molecule is Cc1ccccc1-c1nnc(S[C@@H](C(=O)NC(N)=O)C(C)C)o1. The Hall–Kier alpha value is -2.35. The molecule has 0 bridgehead atoms. The van der Waals surface area contributed by atoms with Crippen molar-refractivity contribution in [3.05, 3.63) is 29.8 Å². The largest absolute Gasteiger partial charge is 0.411 e. The van der Waals surface area contributed by atoms with Crippen molar-refractivity contribution < 1.29 is 14.0 Å². The Labute approximate surface area is 138 Å². The van der Waals surface area contributed by atoms with Gasteiger partial charge in [0.05, 0.1) is 5.25 Å². The Morgan fingerprint density at radius 3 is 2.57 bits per heavy atom. The lowest BCUT2D eigenvalue weighted by molar-refractivity contribution is -0.120.